The third-order valence-electron chi connectivity index (χ3n) is 6.48. The number of amides is 1. The topological polar surface area (TPSA) is 98.5 Å². The highest BCUT2D eigenvalue weighted by atomic mass is 16.3. The van der Waals surface area contributed by atoms with Crippen molar-refractivity contribution in [1.82, 2.24) is 19.7 Å². The number of nitrogens with zero attached hydrogens (tertiary/aromatic N) is 5. The number of aromatic nitrogens is 3. The zero-order chi connectivity index (χ0) is 26.7. The van der Waals surface area contributed by atoms with E-state index in [2.05, 4.69) is 61.4 Å². The van der Waals surface area contributed by atoms with Gasteiger partial charge in [-0.1, -0.05) is 12.6 Å². The molecule has 0 spiro atoms. The summed E-state index contributed by atoms with van der Waals surface area (Å²) in [6.07, 6.45) is 4.81. The number of rotatable bonds is 8. The number of β-amino-alcohol motifs (C(OH)–C–C–N with tert-alkyl or cyclic N) is 1. The highest BCUT2D eigenvalue weighted by molar-refractivity contribution is 5.99. The summed E-state index contributed by atoms with van der Waals surface area (Å²) in [5.41, 5.74) is 3.85. The van der Waals surface area contributed by atoms with Crippen molar-refractivity contribution >= 4 is 39.7 Å². The van der Waals surface area contributed by atoms with E-state index >= 15 is 0 Å². The van der Waals surface area contributed by atoms with Gasteiger partial charge in [-0.05, 0) is 62.4 Å². The zero-order valence-electron chi connectivity index (χ0n) is 21.8. The molecule has 4 aromatic rings. The number of hydrogen-bond acceptors (Lipinski definition) is 7. The molecule has 9 nitrogen and oxygen atoms in total. The third-order valence-corrected chi connectivity index (χ3v) is 6.48. The predicted molar refractivity (Wildman–Crippen MR) is 152 cm³/mol. The molecule has 0 radical (unpaired) electrons. The van der Waals surface area contributed by atoms with Gasteiger partial charge in [-0.3, -0.25) is 9.69 Å². The van der Waals surface area contributed by atoms with Gasteiger partial charge < -0.3 is 20.6 Å². The minimum Gasteiger partial charge on any atom is -0.389 e. The molecule has 9 heteroatoms. The fraction of sp³-hybridized carbons (Fsp3) is 0.276. The largest absolute Gasteiger partial charge is 0.389 e. The first-order valence-corrected chi connectivity index (χ1v) is 12.7. The van der Waals surface area contributed by atoms with Crippen molar-refractivity contribution in [2.24, 2.45) is 0 Å². The molecule has 1 saturated heterocycles. The van der Waals surface area contributed by atoms with Gasteiger partial charge in [-0.2, -0.15) is 5.10 Å². The maximum atomic E-state index is 11.7. The predicted octanol–water partition coefficient (Wildman–Crippen LogP) is 4.18. The van der Waals surface area contributed by atoms with Crippen LogP contribution in [0.5, 0.6) is 0 Å². The Morgan fingerprint density at radius 1 is 1.03 bits per heavy atom. The van der Waals surface area contributed by atoms with Gasteiger partial charge in [0.15, 0.2) is 0 Å². The number of anilines is 4. The van der Waals surface area contributed by atoms with Crippen molar-refractivity contribution in [3.8, 4) is 5.69 Å². The van der Waals surface area contributed by atoms with Crippen molar-refractivity contribution in [3.63, 3.8) is 0 Å². The molecule has 1 aliphatic heterocycles. The molecular weight excluding hydrogens is 478 g/mol. The van der Waals surface area contributed by atoms with Crippen LogP contribution in [0.2, 0.25) is 0 Å². The summed E-state index contributed by atoms with van der Waals surface area (Å²) in [5, 5.41) is 21.7. The smallest absolute Gasteiger partial charge is 0.247 e. The Kier molecular flexibility index (Phi) is 7.13. The lowest BCUT2D eigenvalue weighted by atomic mass is 10.1. The minimum absolute atomic E-state index is 0.262. The molecule has 3 heterocycles. The van der Waals surface area contributed by atoms with E-state index in [9.17, 15) is 9.90 Å². The molecular formula is C29H33N7O2. The van der Waals surface area contributed by atoms with Crippen LogP contribution in [0.25, 0.3) is 16.6 Å². The number of nitrogens with one attached hydrogen (secondary N) is 2. The molecule has 0 bridgehead atoms. The second-order valence-electron chi connectivity index (χ2n) is 10.2. The van der Waals surface area contributed by atoms with E-state index in [1.54, 1.807) is 12.4 Å². The molecule has 0 saturated carbocycles. The summed E-state index contributed by atoms with van der Waals surface area (Å²) >= 11 is 0. The van der Waals surface area contributed by atoms with Crippen molar-refractivity contribution in [2.75, 3.05) is 48.3 Å². The minimum atomic E-state index is -0.669. The van der Waals surface area contributed by atoms with E-state index in [1.165, 1.54) is 11.8 Å². The molecule has 1 fully saturated rings. The van der Waals surface area contributed by atoms with Gasteiger partial charge in [-0.15, -0.1) is 0 Å². The van der Waals surface area contributed by atoms with E-state index in [0.29, 0.717) is 18.1 Å². The van der Waals surface area contributed by atoms with Crippen LogP contribution in [0.3, 0.4) is 0 Å². The lowest BCUT2D eigenvalue weighted by Gasteiger charge is -2.38. The van der Waals surface area contributed by atoms with Crippen LogP contribution in [0, 0.1) is 0 Å². The van der Waals surface area contributed by atoms with Crippen LogP contribution in [-0.4, -0.2) is 69.0 Å². The van der Waals surface area contributed by atoms with E-state index in [1.807, 2.05) is 48.9 Å². The standard InChI is InChI=1S/C29H33N7O2/c1-4-28(37)33-23-6-5-7-25(16-23)36-26-17-27(30-18-21(26)19-31-36)32-22-8-10-24(11-9-22)35-14-12-34(13-15-35)20-29(2,3)38/h4-11,16-19,38H,1,12-15,20H2,2-3H3,(H,30,32)(H,33,37). The Morgan fingerprint density at radius 2 is 1.79 bits per heavy atom. The van der Waals surface area contributed by atoms with Crippen molar-refractivity contribution < 1.29 is 9.90 Å². The molecule has 1 amide bonds. The van der Waals surface area contributed by atoms with Crippen molar-refractivity contribution in [2.45, 2.75) is 19.4 Å². The third kappa shape index (κ3) is 6.01. The fourth-order valence-electron chi connectivity index (χ4n) is 4.72. The van der Waals surface area contributed by atoms with Gasteiger partial charge in [0, 0.05) is 67.4 Å². The molecule has 5 rings (SSSR count). The first-order chi connectivity index (χ1) is 18.3. The number of benzene rings is 2. The van der Waals surface area contributed by atoms with Crippen molar-refractivity contribution in [1.29, 1.82) is 0 Å². The van der Waals surface area contributed by atoms with Crippen LogP contribution < -0.4 is 15.5 Å². The second-order valence-corrected chi connectivity index (χ2v) is 10.2. The van der Waals surface area contributed by atoms with Crippen LogP contribution in [0.15, 0.2) is 79.6 Å². The molecule has 2 aromatic carbocycles. The number of piperazine rings is 1. The number of carbonyl (C=O) groups is 1. The maximum absolute atomic E-state index is 11.7. The van der Waals surface area contributed by atoms with Crippen molar-refractivity contribution in [3.05, 3.63) is 79.6 Å². The molecule has 2 aromatic heterocycles. The van der Waals surface area contributed by atoms with E-state index in [-0.39, 0.29) is 5.91 Å². The monoisotopic (exact) mass is 511 g/mol. The Bertz CT molecular complexity index is 1430. The molecule has 3 N–H and O–H groups in total. The summed E-state index contributed by atoms with van der Waals surface area (Å²) in [5.74, 6) is 0.450. The molecule has 0 aliphatic carbocycles. The summed E-state index contributed by atoms with van der Waals surface area (Å²) in [6, 6.07) is 17.8. The first kappa shape index (κ1) is 25.4. The summed E-state index contributed by atoms with van der Waals surface area (Å²) < 4.78 is 1.83. The quantitative estimate of drug-likeness (QED) is 0.305. The Balaban J connectivity index is 1.28. The molecule has 0 unspecified atom stereocenters. The lowest BCUT2D eigenvalue weighted by molar-refractivity contribution is -0.111. The molecule has 196 valence electrons. The van der Waals surface area contributed by atoms with Crippen LogP contribution in [-0.2, 0) is 4.79 Å². The van der Waals surface area contributed by atoms with E-state index in [4.69, 9.17) is 0 Å². The Morgan fingerprint density at radius 3 is 2.50 bits per heavy atom. The maximum Gasteiger partial charge on any atom is 0.247 e. The summed E-state index contributed by atoms with van der Waals surface area (Å²) in [7, 11) is 0. The number of hydrogen-bond donors (Lipinski definition) is 3. The number of carbonyl (C=O) groups excluding carboxylic acids is 1. The van der Waals surface area contributed by atoms with Crippen LogP contribution in [0.4, 0.5) is 22.9 Å². The Hall–Kier alpha value is -4.21. The van der Waals surface area contributed by atoms with Gasteiger partial charge >= 0.3 is 0 Å². The van der Waals surface area contributed by atoms with Gasteiger partial charge in [0.25, 0.3) is 0 Å². The number of pyridine rings is 1. The first-order valence-electron chi connectivity index (χ1n) is 12.7. The van der Waals surface area contributed by atoms with Gasteiger partial charge in [-0.25, -0.2) is 9.67 Å². The molecule has 1 aliphatic rings. The number of aliphatic hydroxyl groups is 1. The average molecular weight is 512 g/mol. The van der Waals surface area contributed by atoms with Crippen LogP contribution >= 0.6 is 0 Å². The van der Waals surface area contributed by atoms with Crippen LogP contribution in [0.1, 0.15) is 13.8 Å². The fourth-order valence-corrected chi connectivity index (χ4v) is 4.72. The molecule has 38 heavy (non-hydrogen) atoms. The summed E-state index contributed by atoms with van der Waals surface area (Å²) in [4.78, 5) is 20.9. The summed E-state index contributed by atoms with van der Waals surface area (Å²) in [6.45, 7) is 11.6. The second kappa shape index (κ2) is 10.6. The van der Waals surface area contributed by atoms with Gasteiger partial charge in [0.2, 0.25) is 5.91 Å². The highest BCUT2D eigenvalue weighted by Crippen LogP contribution is 2.25. The van der Waals surface area contributed by atoms with Gasteiger partial charge in [0.1, 0.15) is 5.82 Å². The van der Waals surface area contributed by atoms with E-state index < -0.39 is 5.60 Å². The highest BCUT2D eigenvalue weighted by Gasteiger charge is 2.22. The Labute approximate surface area is 222 Å². The SMILES string of the molecule is C=CC(=O)Nc1cccc(-n2ncc3cnc(Nc4ccc(N5CCN(CC(C)(C)O)CC5)cc4)cc32)c1. The van der Waals surface area contributed by atoms with E-state index in [0.717, 1.165) is 48.5 Å². The zero-order valence-corrected chi connectivity index (χ0v) is 21.8. The lowest BCUT2D eigenvalue weighted by Crippen LogP contribution is -2.50. The molecule has 0 atom stereocenters. The average Bonchev–Trinajstić information content (AvgIpc) is 3.32. The van der Waals surface area contributed by atoms with Gasteiger partial charge in [0.05, 0.1) is 23.0 Å². The number of fused-ring (bicyclic) bond motifs is 1. The normalized spacial score (nSPS) is 14.4.